The number of fused-ring (bicyclic) bond motifs is 1. The van der Waals surface area contributed by atoms with Gasteiger partial charge in [-0.1, -0.05) is 13.0 Å². The Labute approximate surface area is 131 Å². The zero-order valence-electron chi connectivity index (χ0n) is 12.6. The van der Waals surface area contributed by atoms with Crippen molar-refractivity contribution in [3.8, 4) is 11.5 Å². The Morgan fingerprint density at radius 2 is 2.10 bits per heavy atom. The molecule has 4 nitrogen and oxygen atoms in total. The molecule has 1 aromatic rings. The first-order chi connectivity index (χ1) is 10.3. The molecular formula is C16H25NO3S. The highest BCUT2D eigenvalue weighted by molar-refractivity contribution is 7.99. The molecule has 0 spiro atoms. The van der Waals surface area contributed by atoms with E-state index in [1.807, 2.05) is 17.8 Å². The lowest BCUT2D eigenvalue weighted by Gasteiger charge is -2.19. The van der Waals surface area contributed by atoms with Crippen LogP contribution in [0.3, 0.4) is 0 Å². The van der Waals surface area contributed by atoms with Crippen LogP contribution in [0.25, 0.3) is 0 Å². The van der Waals surface area contributed by atoms with Gasteiger partial charge in [-0.2, -0.15) is 11.8 Å². The Morgan fingerprint density at radius 3 is 2.86 bits per heavy atom. The molecule has 1 heterocycles. The van der Waals surface area contributed by atoms with Gasteiger partial charge in [0.25, 0.3) is 0 Å². The van der Waals surface area contributed by atoms with Crippen molar-refractivity contribution in [1.29, 1.82) is 0 Å². The molecule has 1 aliphatic heterocycles. The van der Waals surface area contributed by atoms with E-state index in [0.717, 1.165) is 49.0 Å². The van der Waals surface area contributed by atoms with Crippen LogP contribution in [-0.2, 0) is 0 Å². The average molecular weight is 311 g/mol. The molecule has 0 aromatic heterocycles. The second kappa shape index (κ2) is 9.18. The van der Waals surface area contributed by atoms with Crippen LogP contribution in [0.4, 0.5) is 0 Å². The van der Waals surface area contributed by atoms with Crippen LogP contribution in [0, 0.1) is 0 Å². The number of ether oxygens (including phenoxy) is 2. The van der Waals surface area contributed by atoms with E-state index in [2.05, 4.69) is 24.4 Å². The smallest absolute Gasteiger partial charge is 0.161 e. The summed E-state index contributed by atoms with van der Waals surface area (Å²) in [6, 6.07) is 6.53. The minimum absolute atomic E-state index is 0.267. The molecule has 21 heavy (non-hydrogen) atoms. The highest BCUT2D eigenvalue weighted by Crippen LogP contribution is 2.33. The molecule has 0 amide bonds. The van der Waals surface area contributed by atoms with Gasteiger partial charge in [-0.15, -0.1) is 0 Å². The van der Waals surface area contributed by atoms with E-state index >= 15 is 0 Å². The van der Waals surface area contributed by atoms with Crippen LogP contribution in [0.5, 0.6) is 11.5 Å². The van der Waals surface area contributed by atoms with E-state index in [9.17, 15) is 0 Å². The first-order valence-electron chi connectivity index (χ1n) is 7.66. The van der Waals surface area contributed by atoms with Gasteiger partial charge in [-0.25, -0.2) is 0 Å². The largest absolute Gasteiger partial charge is 0.490 e. The zero-order valence-corrected chi connectivity index (χ0v) is 13.5. The van der Waals surface area contributed by atoms with Crippen LogP contribution < -0.4 is 14.8 Å². The quantitative estimate of drug-likeness (QED) is 0.723. The van der Waals surface area contributed by atoms with Gasteiger partial charge in [0.15, 0.2) is 11.5 Å². The summed E-state index contributed by atoms with van der Waals surface area (Å²) in [5.74, 6) is 3.68. The highest BCUT2D eigenvalue weighted by atomic mass is 32.2. The Kier molecular flexibility index (Phi) is 7.19. The van der Waals surface area contributed by atoms with Crippen molar-refractivity contribution < 1.29 is 14.6 Å². The summed E-state index contributed by atoms with van der Waals surface area (Å²) in [5, 5.41) is 12.4. The number of rotatable bonds is 8. The number of nitrogens with one attached hydrogen (secondary N) is 1. The summed E-state index contributed by atoms with van der Waals surface area (Å²) >= 11 is 1.87. The minimum Gasteiger partial charge on any atom is -0.490 e. The molecule has 0 saturated carbocycles. The monoisotopic (exact) mass is 311 g/mol. The normalized spacial score (nSPS) is 15.5. The molecule has 2 rings (SSSR count). The maximum absolute atomic E-state index is 8.85. The Morgan fingerprint density at radius 1 is 1.29 bits per heavy atom. The molecule has 2 N–H and O–H groups in total. The maximum Gasteiger partial charge on any atom is 0.161 e. The second-order valence-electron chi connectivity index (χ2n) is 5.02. The number of hydrogen-bond donors (Lipinski definition) is 2. The van der Waals surface area contributed by atoms with Crippen molar-refractivity contribution in [1.82, 2.24) is 5.32 Å². The second-order valence-corrected chi connectivity index (χ2v) is 6.17. The Hall–Kier alpha value is -0.910. The van der Waals surface area contributed by atoms with Crippen molar-refractivity contribution in [2.45, 2.75) is 25.8 Å². The summed E-state index contributed by atoms with van der Waals surface area (Å²) in [6.45, 7) is 4.75. The van der Waals surface area contributed by atoms with Gasteiger partial charge in [0.05, 0.1) is 13.2 Å². The molecule has 0 bridgehead atoms. The fraction of sp³-hybridized carbons (Fsp3) is 0.625. The third-order valence-electron chi connectivity index (χ3n) is 3.36. The molecule has 5 heteroatoms. The van der Waals surface area contributed by atoms with Crippen molar-refractivity contribution in [2.24, 2.45) is 0 Å². The van der Waals surface area contributed by atoms with E-state index in [1.54, 1.807) is 0 Å². The molecule has 0 aliphatic carbocycles. The van der Waals surface area contributed by atoms with Crippen LogP contribution in [-0.4, -0.2) is 43.0 Å². The summed E-state index contributed by atoms with van der Waals surface area (Å²) in [7, 11) is 0. The Balaban J connectivity index is 2.03. The minimum atomic E-state index is 0.267. The van der Waals surface area contributed by atoms with E-state index in [4.69, 9.17) is 14.6 Å². The molecule has 118 valence electrons. The number of hydrogen-bond acceptors (Lipinski definition) is 5. The fourth-order valence-corrected chi connectivity index (χ4v) is 3.33. The molecule has 1 aromatic carbocycles. The lowest BCUT2D eigenvalue weighted by Crippen LogP contribution is -2.23. The summed E-state index contributed by atoms with van der Waals surface area (Å²) in [4.78, 5) is 0. The molecule has 0 radical (unpaired) electrons. The lowest BCUT2D eigenvalue weighted by atomic mass is 10.1. The molecule has 0 saturated heterocycles. The van der Waals surface area contributed by atoms with Crippen molar-refractivity contribution in [3.63, 3.8) is 0 Å². The number of aliphatic hydroxyl groups excluding tert-OH is 1. The average Bonchev–Trinajstić information content (AvgIpc) is 2.75. The molecule has 1 unspecified atom stereocenters. The van der Waals surface area contributed by atoms with E-state index in [1.165, 1.54) is 5.56 Å². The summed E-state index contributed by atoms with van der Waals surface area (Å²) < 4.78 is 11.4. The SMILES string of the molecule is CCNC(CSCCCO)c1ccc2c(c1)OCCCO2. The van der Waals surface area contributed by atoms with Gasteiger partial charge in [0.2, 0.25) is 0 Å². The molecule has 1 atom stereocenters. The Bertz CT molecular complexity index is 428. The maximum atomic E-state index is 8.85. The lowest BCUT2D eigenvalue weighted by molar-refractivity contribution is 0.296. The van der Waals surface area contributed by atoms with Gasteiger partial charge < -0.3 is 19.9 Å². The predicted molar refractivity (Wildman–Crippen MR) is 87.5 cm³/mol. The first-order valence-corrected chi connectivity index (χ1v) is 8.82. The zero-order chi connectivity index (χ0) is 14.9. The summed E-state index contributed by atoms with van der Waals surface area (Å²) in [6.07, 6.45) is 1.78. The van der Waals surface area contributed by atoms with E-state index in [0.29, 0.717) is 12.6 Å². The first kappa shape index (κ1) is 16.5. The standard InChI is InChI=1S/C16H25NO3S/c1-2-17-14(12-21-10-3-7-18)13-5-6-15-16(11-13)20-9-4-8-19-15/h5-6,11,14,17-18H,2-4,7-10,12H2,1H3. The number of aliphatic hydroxyl groups is 1. The van der Waals surface area contributed by atoms with Crippen LogP contribution in [0.1, 0.15) is 31.4 Å². The van der Waals surface area contributed by atoms with Gasteiger partial charge in [-0.05, 0) is 36.4 Å². The summed E-state index contributed by atoms with van der Waals surface area (Å²) in [5.41, 5.74) is 1.23. The third kappa shape index (κ3) is 5.09. The van der Waals surface area contributed by atoms with Crippen LogP contribution in [0.15, 0.2) is 18.2 Å². The number of benzene rings is 1. The van der Waals surface area contributed by atoms with Crippen molar-refractivity contribution in [3.05, 3.63) is 23.8 Å². The molecular weight excluding hydrogens is 286 g/mol. The van der Waals surface area contributed by atoms with Gasteiger partial charge in [-0.3, -0.25) is 0 Å². The van der Waals surface area contributed by atoms with Crippen molar-refractivity contribution in [2.75, 3.05) is 37.9 Å². The van der Waals surface area contributed by atoms with Gasteiger partial charge in [0, 0.05) is 24.8 Å². The van der Waals surface area contributed by atoms with E-state index in [-0.39, 0.29) is 6.61 Å². The fourth-order valence-electron chi connectivity index (χ4n) is 2.28. The van der Waals surface area contributed by atoms with Crippen molar-refractivity contribution >= 4 is 11.8 Å². The van der Waals surface area contributed by atoms with Crippen LogP contribution in [0.2, 0.25) is 0 Å². The van der Waals surface area contributed by atoms with Crippen LogP contribution >= 0.6 is 11.8 Å². The van der Waals surface area contributed by atoms with E-state index < -0.39 is 0 Å². The number of thioether (sulfide) groups is 1. The van der Waals surface area contributed by atoms with Gasteiger partial charge in [0.1, 0.15) is 0 Å². The molecule has 1 aliphatic rings. The topological polar surface area (TPSA) is 50.7 Å². The highest BCUT2D eigenvalue weighted by Gasteiger charge is 2.15. The third-order valence-corrected chi connectivity index (χ3v) is 4.50. The van der Waals surface area contributed by atoms with Gasteiger partial charge >= 0.3 is 0 Å². The molecule has 0 fully saturated rings. The predicted octanol–water partition coefficient (Wildman–Crippen LogP) is 2.61.